The Balaban J connectivity index is 3.17. The van der Waals surface area contributed by atoms with E-state index in [1.807, 2.05) is 32.3 Å². The molecule has 0 fully saturated rings. The maximum Gasteiger partial charge on any atom is 0.0474 e. The van der Waals surface area contributed by atoms with Gasteiger partial charge in [0.15, 0.2) is 0 Å². The quantitative estimate of drug-likeness (QED) is 0.606. The molecule has 0 bridgehead atoms. The van der Waals surface area contributed by atoms with Crippen LogP contribution in [-0.4, -0.2) is 4.57 Å². The molecule has 0 aromatic carbocycles. The fourth-order valence-electron chi connectivity index (χ4n) is 1.11. The van der Waals surface area contributed by atoms with E-state index in [4.69, 9.17) is 0 Å². The first-order chi connectivity index (χ1) is 5.29. The molecule has 1 nitrogen and oxygen atoms in total. The molecule has 0 aliphatic heterocycles. The third-order valence-corrected chi connectivity index (χ3v) is 1.70. The summed E-state index contributed by atoms with van der Waals surface area (Å²) in [5, 5.41) is 0. The zero-order valence-corrected chi connectivity index (χ0v) is 7.04. The van der Waals surface area contributed by atoms with E-state index in [0.717, 1.165) is 0 Å². The normalized spacial score (nSPS) is 10.7. The Morgan fingerprint density at radius 3 is 2.82 bits per heavy atom. The number of aromatic nitrogens is 1. The molecule has 0 radical (unpaired) electrons. The van der Waals surface area contributed by atoms with Crippen molar-refractivity contribution in [1.29, 1.82) is 0 Å². The Labute approximate surface area is 67.7 Å². The van der Waals surface area contributed by atoms with E-state index in [0.29, 0.717) is 0 Å². The van der Waals surface area contributed by atoms with E-state index < -0.39 is 0 Å². The molecule has 0 amide bonds. The summed E-state index contributed by atoms with van der Waals surface area (Å²) in [5.74, 6) is 0. The Hall–Kier alpha value is -1.24. The van der Waals surface area contributed by atoms with E-state index >= 15 is 0 Å². The van der Waals surface area contributed by atoms with Crippen molar-refractivity contribution >= 4 is 12.2 Å². The lowest BCUT2D eigenvalue weighted by Crippen LogP contribution is -1.88. The third-order valence-electron chi connectivity index (χ3n) is 1.70. The second-order valence-electron chi connectivity index (χ2n) is 2.47. The Kier molecular flexibility index (Phi) is 2.32. The molecular formula is C10H13N. The van der Waals surface area contributed by atoms with E-state index in [9.17, 15) is 0 Å². The molecule has 1 aromatic heterocycles. The lowest BCUT2D eigenvalue weighted by atomic mass is 10.2. The van der Waals surface area contributed by atoms with Crippen molar-refractivity contribution in [2.45, 2.75) is 6.92 Å². The van der Waals surface area contributed by atoms with E-state index in [-0.39, 0.29) is 0 Å². The molecule has 0 aliphatic rings. The van der Waals surface area contributed by atoms with Crippen molar-refractivity contribution in [3.63, 3.8) is 0 Å². The topological polar surface area (TPSA) is 4.93 Å². The monoisotopic (exact) mass is 147 g/mol. The van der Waals surface area contributed by atoms with Crippen LogP contribution in [0.1, 0.15) is 18.2 Å². The van der Waals surface area contributed by atoms with Crippen molar-refractivity contribution in [3.05, 3.63) is 36.2 Å². The number of nitrogens with zero attached hydrogens (tertiary/aromatic N) is 1. The van der Waals surface area contributed by atoms with Gasteiger partial charge in [-0.05, 0) is 24.6 Å². The molecule has 1 rings (SSSR count). The summed E-state index contributed by atoms with van der Waals surface area (Å²) in [5.41, 5.74) is 2.40. The molecule has 0 aliphatic carbocycles. The van der Waals surface area contributed by atoms with Crippen LogP contribution in [0, 0.1) is 0 Å². The molecule has 0 saturated heterocycles. The van der Waals surface area contributed by atoms with Gasteiger partial charge in [0, 0.05) is 18.9 Å². The summed E-state index contributed by atoms with van der Waals surface area (Å²) >= 11 is 0. The molecule has 0 atom stereocenters. The van der Waals surface area contributed by atoms with Crippen molar-refractivity contribution in [3.8, 4) is 0 Å². The first kappa shape index (κ1) is 7.86. The van der Waals surface area contributed by atoms with Crippen molar-refractivity contribution < 1.29 is 0 Å². The lowest BCUT2D eigenvalue weighted by Gasteiger charge is -1.97. The highest BCUT2D eigenvalue weighted by atomic mass is 14.9. The smallest absolute Gasteiger partial charge is 0.0474 e. The van der Waals surface area contributed by atoms with Crippen molar-refractivity contribution in [1.82, 2.24) is 4.57 Å². The Morgan fingerprint density at radius 2 is 2.27 bits per heavy atom. The molecule has 1 heterocycles. The summed E-state index contributed by atoms with van der Waals surface area (Å²) < 4.78 is 2.08. The van der Waals surface area contributed by atoms with E-state index in [1.165, 1.54) is 11.3 Å². The summed E-state index contributed by atoms with van der Waals surface area (Å²) in [7, 11) is 2.03. The number of hydrogen-bond acceptors (Lipinski definition) is 0. The molecule has 0 unspecified atom stereocenters. The minimum absolute atomic E-state index is 1.19. The van der Waals surface area contributed by atoms with Crippen molar-refractivity contribution in [2.24, 2.45) is 7.05 Å². The molecular weight excluding hydrogens is 134 g/mol. The first-order valence-electron chi connectivity index (χ1n) is 3.70. The molecule has 0 spiro atoms. The molecule has 0 saturated carbocycles. The van der Waals surface area contributed by atoms with Gasteiger partial charge < -0.3 is 4.57 Å². The van der Waals surface area contributed by atoms with Gasteiger partial charge in [-0.25, -0.2) is 0 Å². The predicted molar refractivity (Wildman–Crippen MR) is 50.2 cm³/mol. The number of aryl methyl sites for hydroxylation is 1. The minimum atomic E-state index is 1.19. The summed E-state index contributed by atoms with van der Waals surface area (Å²) in [6.07, 6.45) is 8.01. The second kappa shape index (κ2) is 3.24. The summed E-state index contributed by atoms with van der Waals surface area (Å²) in [6.45, 7) is 5.75. The number of hydrogen-bond donors (Lipinski definition) is 0. The highest BCUT2D eigenvalue weighted by Crippen LogP contribution is 2.12. The van der Waals surface area contributed by atoms with Gasteiger partial charge in [0.05, 0.1) is 0 Å². The van der Waals surface area contributed by atoms with Crippen LogP contribution in [-0.2, 0) is 7.05 Å². The van der Waals surface area contributed by atoms with Crippen LogP contribution >= 0.6 is 0 Å². The van der Waals surface area contributed by atoms with E-state index in [1.54, 1.807) is 0 Å². The number of allylic oxidation sites excluding steroid dienone is 1. The average Bonchev–Trinajstić information content (AvgIpc) is 2.34. The van der Waals surface area contributed by atoms with Gasteiger partial charge in [-0.3, -0.25) is 0 Å². The standard InChI is InChI=1S/C10H13N/c1-4-6-10-9(5-2)7-8-11(10)3/h4-8H,2H2,1,3H3/b6-4-. The second-order valence-corrected chi connectivity index (χ2v) is 2.47. The van der Waals surface area contributed by atoms with E-state index in [2.05, 4.69) is 23.3 Å². The minimum Gasteiger partial charge on any atom is -0.351 e. The molecule has 0 N–H and O–H groups in total. The van der Waals surface area contributed by atoms with Crippen LogP contribution < -0.4 is 0 Å². The zero-order valence-electron chi connectivity index (χ0n) is 7.04. The maximum absolute atomic E-state index is 3.74. The largest absolute Gasteiger partial charge is 0.351 e. The first-order valence-corrected chi connectivity index (χ1v) is 3.70. The maximum atomic E-state index is 3.74. The highest BCUT2D eigenvalue weighted by molar-refractivity contribution is 5.62. The summed E-state index contributed by atoms with van der Waals surface area (Å²) in [4.78, 5) is 0. The highest BCUT2D eigenvalue weighted by Gasteiger charge is 1.97. The summed E-state index contributed by atoms with van der Waals surface area (Å²) in [6, 6.07) is 2.06. The fourth-order valence-corrected chi connectivity index (χ4v) is 1.11. The molecule has 1 heteroatoms. The van der Waals surface area contributed by atoms with Crippen LogP contribution in [0.5, 0.6) is 0 Å². The molecule has 11 heavy (non-hydrogen) atoms. The van der Waals surface area contributed by atoms with Crippen LogP contribution in [0.25, 0.3) is 12.2 Å². The van der Waals surface area contributed by atoms with Crippen molar-refractivity contribution in [2.75, 3.05) is 0 Å². The van der Waals surface area contributed by atoms with Gasteiger partial charge in [0.2, 0.25) is 0 Å². The van der Waals surface area contributed by atoms with Gasteiger partial charge >= 0.3 is 0 Å². The van der Waals surface area contributed by atoms with Gasteiger partial charge in [-0.2, -0.15) is 0 Å². The average molecular weight is 147 g/mol. The lowest BCUT2D eigenvalue weighted by molar-refractivity contribution is 0.914. The van der Waals surface area contributed by atoms with Crippen LogP contribution in [0.3, 0.4) is 0 Å². The van der Waals surface area contributed by atoms with Gasteiger partial charge in [-0.1, -0.05) is 18.7 Å². The van der Waals surface area contributed by atoms with Gasteiger partial charge in [-0.15, -0.1) is 0 Å². The van der Waals surface area contributed by atoms with Gasteiger partial charge in [0.25, 0.3) is 0 Å². The Morgan fingerprint density at radius 1 is 1.55 bits per heavy atom. The predicted octanol–water partition coefficient (Wildman–Crippen LogP) is 2.70. The van der Waals surface area contributed by atoms with Crippen LogP contribution in [0.15, 0.2) is 24.9 Å². The van der Waals surface area contributed by atoms with Crippen LogP contribution in [0.2, 0.25) is 0 Å². The van der Waals surface area contributed by atoms with Gasteiger partial charge in [0.1, 0.15) is 0 Å². The molecule has 1 aromatic rings. The Bertz CT molecular complexity index is 279. The molecule has 58 valence electrons. The van der Waals surface area contributed by atoms with Crippen LogP contribution in [0.4, 0.5) is 0 Å². The SMILES string of the molecule is C=Cc1ccn(C)c1/C=C\C. The zero-order chi connectivity index (χ0) is 8.27. The number of rotatable bonds is 2. The fraction of sp³-hybridized carbons (Fsp3) is 0.200. The third kappa shape index (κ3) is 1.43.